The summed E-state index contributed by atoms with van der Waals surface area (Å²) >= 11 is 2.92. The molecule has 3 rings (SSSR count). The number of nitrogens with zero attached hydrogens (tertiary/aromatic N) is 4. The molecule has 0 spiro atoms. The van der Waals surface area contributed by atoms with Crippen LogP contribution in [0.15, 0.2) is 40.9 Å². The van der Waals surface area contributed by atoms with Gasteiger partial charge in [-0.1, -0.05) is 12.1 Å². The molecule has 0 atom stereocenters. The second-order valence-electron chi connectivity index (χ2n) is 4.26. The number of tetrazole rings is 1. The van der Waals surface area contributed by atoms with Gasteiger partial charge in [0.2, 0.25) is 0 Å². The highest BCUT2D eigenvalue weighted by atomic mass is 79.9. The van der Waals surface area contributed by atoms with Gasteiger partial charge in [-0.15, -0.1) is 5.10 Å². The highest BCUT2D eigenvalue weighted by molar-refractivity contribution is 9.10. The van der Waals surface area contributed by atoms with E-state index in [1.807, 2.05) is 0 Å². The van der Waals surface area contributed by atoms with Crippen LogP contribution in [-0.2, 0) is 0 Å². The minimum atomic E-state index is -0.652. The molecule has 0 saturated carbocycles. The van der Waals surface area contributed by atoms with Gasteiger partial charge in [-0.2, -0.15) is 4.68 Å². The van der Waals surface area contributed by atoms with Gasteiger partial charge in [0.25, 0.3) is 0 Å². The fourth-order valence-corrected chi connectivity index (χ4v) is 2.20. The monoisotopic (exact) mass is 351 g/mol. The Labute approximate surface area is 126 Å². The lowest BCUT2D eigenvalue weighted by molar-refractivity contribution is 0.580. The van der Waals surface area contributed by atoms with Crippen molar-refractivity contribution in [3.05, 3.63) is 52.5 Å². The first-order valence-corrected chi connectivity index (χ1v) is 6.65. The van der Waals surface area contributed by atoms with Crippen molar-refractivity contribution >= 4 is 21.6 Å². The fraction of sp³-hybridized carbons (Fsp3) is 0. The highest BCUT2D eigenvalue weighted by Gasteiger charge is 2.16. The largest absolute Gasteiger partial charge is 0.399 e. The molecular formula is C13H8BrF2N5. The number of hydrogen-bond acceptors (Lipinski definition) is 4. The predicted octanol–water partition coefficient (Wildman–Crippen LogP) is 2.95. The minimum Gasteiger partial charge on any atom is -0.399 e. The van der Waals surface area contributed by atoms with Crippen LogP contribution in [0.3, 0.4) is 0 Å². The van der Waals surface area contributed by atoms with E-state index in [9.17, 15) is 8.78 Å². The van der Waals surface area contributed by atoms with Gasteiger partial charge in [0.15, 0.2) is 5.82 Å². The number of rotatable bonds is 2. The number of hydrogen-bond donors (Lipinski definition) is 1. The van der Waals surface area contributed by atoms with Gasteiger partial charge in [0.1, 0.15) is 17.3 Å². The fourth-order valence-electron chi connectivity index (χ4n) is 1.88. The molecule has 0 unspecified atom stereocenters. The SMILES string of the molecule is Nc1cccc(-c2nnnn2-c2cc(F)c(Br)cc2F)c1. The number of nitrogens with two attached hydrogens (primary N) is 1. The maximum atomic E-state index is 14.0. The van der Waals surface area contributed by atoms with Gasteiger partial charge in [-0.05, 0) is 44.6 Å². The summed E-state index contributed by atoms with van der Waals surface area (Å²) in [7, 11) is 0. The molecule has 2 N–H and O–H groups in total. The average molecular weight is 352 g/mol. The number of halogens is 3. The third kappa shape index (κ3) is 2.49. The molecule has 2 aromatic carbocycles. The van der Waals surface area contributed by atoms with E-state index in [4.69, 9.17) is 5.73 Å². The van der Waals surface area contributed by atoms with Crippen molar-refractivity contribution in [3.63, 3.8) is 0 Å². The molecule has 1 heterocycles. The molecule has 1 aromatic heterocycles. The van der Waals surface area contributed by atoms with E-state index in [0.29, 0.717) is 11.3 Å². The Morgan fingerprint density at radius 2 is 1.90 bits per heavy atom. The second kappa shape index (κ2) is 5.21. The highest BCUT2D eigenvalue weighted by Crippen LogP contribution is 2.26. The molecule has 0 aliphatic heterocycles. The Hall–Kier alpha value is -2.35. The van der Waals surface area contributed by atoms with Crippen LogP contribution in [0.2, 0.25) is 0 Å². The summed E-state index contributed by atoms with van der Waals surface area (Å²) in [6, 6.07) is 8.85. The molecular weight excluding hydrogens is 344 g/mol. The number of anilines is 1. The van der Waals surface area contributed by atoms with Crippen LogP contribution < -0.4 is 5.73 Å². The summed E-state index contributed by atoms with van der Waals surface area (Å²) < 4.78 is 28.8. The van der Waals surface area contributed by atoms with Crippen LogP contribution in [0.1, 0.15) is 0 Å². The normalized spacial score (nSPS) is 10.8. The lowest BCUT2D eigenvalue weighted by atomic mass is 10.2. The lowest BCUT2D eigenvalue weighted by Crippen LogP contribution is -2.04. The van der Waals surface area contributed by atoms with E-state index >= 15 is 0 Å². The quantitative estimate of drug-likeness (QED) is 0.569. The van der Waals surface area contributed by atoms with Crippen LogP contribution in [0, 0.1) is 11.6 Å². The van der Waals surface area contributed by atoms with Crippen LogP contribution in [0.4, 0.5) is 14.5 Å². The van der Waals surface area contributed by atoms with Gasteiger partial charge < -0.3 is 5.73 Å². The predicted molar refractivity (Wildman–Crippen MR) is 76.6 cm³/mol. The standard InChI is InChI=1S/C13H8BrF2N5/c14-9-5-11(16)12(6-10(9)15)21-13(18-19-20-21)7-2-1-3-8(17)4-7/h1-6H,17H2. The molecule has 5 nitrogen and oxygen atoms in total. The maximum Gasteiger partial charge on any atom is 0.187 e. The molecule has 21 heavy (non-hydrogen) atoms. The molecule has 0 amide bonds. The number of benzene rings is 2. The van der Waals surface area contributed by atoms with Crippen molar-refractivity contribution in [1.82, 2.24) is 20.2 Å². The van der Waals surface area contributed by atoms with Crippen molar-refractivity contribution in [2.45, 2.75) is 0 Å². The van der Waals surface area contributed by atoms with Crippen LogP contribution in [-0.4, -0.2) is 20.2 Å². The molecule has 0 bridgehead atoms. The number of aromatic nitrogens is 4. The first-order valence-electron chi connectivity index (χ1n) is 5.85. The van der Waals surface area contributed by atoms with Crippen molar-refractivity contribution in [2.75, 3.05) is 5.73 Å². The van der Waals surface area contributed by atoms with Crippen molar-refractivity contribution in [2.24, 2.45) is 0 Å². The molecule has 0 aliphatic carbocycles. The van der Waals surface area contributed by atoms with E-state index in [1.165, 1.54) is 0 Å². The molecule has 0 saturated heterocycles. The summed E-state index contributed by atoms with van der Waals surface area (Å²) in [5, 5.41) is 11.1. The average Bonchev–Trinajstić information content (AvgIpc) is 2.92. The Morgan fingerprint density at radius 1 is 1.10 bits per heavy atom. The molecule has 3 aromatic rings. The topological polar surface area (TPSA) is 69.6 Å². The van der Waals surface area contributed by atoms with Crippen molar-refractivity contribution in [3.8, 4) is 17.1 Å². The summed E-state index contributed by atoms with van der Waals surface area (Å²) in [5.74, 6) is -0.996. The first-order chi connectivity index (χ1) is 10.1. The maximum absolute atomic E-state index is 14.0. The van der Waals surface area contributed by atoms with E-state index in [0.717, 1.165) is 16.8 Å². The molecule has 106 valence electrons. The summed E-state index contributed by atoms with van der Waals surface area (Å²) in [6.45, 7) is 0. The van der Waals surface area contributed by atoms with Crippen molar-refractivity contribution in [1.29, 1.82) is 0 Å². The van der Waals surface area contributed by atoms with Gasteiger partial charge in [0.05, 0.1) is 4.47 Å². The Bertz CT molecular complexity index is 818. The van der Waals surface area contributed by atoms with E-state index < -0.39 is 11.6 Å². The summed E-state index contributed by atoms with van der Waals surface area (Å²) in [4.78, 5) is 0. The smallest absolute Gasteiger partial charge is 0.187 e. The zero-order valence-corrected chi connectivity index (χ0v) is 12.1. The van der Waals surface area contributed by atoms with Gasteiger partial charge >= 0.3 is 0 Å². The molecule has 0 aliphatic rings. The van der Waals surface area contributed by atoms with Crippen molar-refractivity contribution < 1.29 is 8.78 Å². The first kappa shape index (κ1) is 13.6. The number of nitrogen functional groups attached to an aromatic ring is 1. The zero-order valence-electron chi connectivity index (χ0n) is 10.5. The van der Waals surface area contributed by atoms with E-state index in [2.05, 4.69) is 31.5 Å². The minimum absolute atomic E-state index is 0.0299. The zero-order chi connectivity index (χ0) is 15.0. The summed E-state index contributed by atoms with van der Waals surface area (Å²) in [6.07, 6.45) is 0. The molecule has 0 fully saturated rings. The second-order valence-corrected chi connectivity index (χ2v) is 5.11. The lowest BCUT2D eigenvalue weighted by Gasteiger charge is -2.07. The third-order valence-corrected chi connectivity index (χ3v) is 3.44. The van der Waals surface area contributed by atoms with E-state index in [1.54, 1.807) is 24.3 Å². The third-order valence-electron chi connectivity index (χ3n) is 2.83. The molecule has 8 heteroatoms. The Morgan fingerprint density at radius 3 is 2.67 bits per heavy atom. The molecule has 0 radical (unpaired) electrons. The van der Waals surface area contributed by atoms with Crippen LogP contribution in [0.5, 0.6) is 0 Å². The van der Waals surface area contributed by atoms with E-state index in [-0.39, 0.29) is 16.0 Å². The Balaban J connectivity index is 2.18. The summed E-state index contributed by atoms with van der Waals surface area (Å²) in [5.41, 5.74) is 6.74. The van der Waals surface area contributed by atoms with Gasteiger partial charge in [-0.25, -0.2) is 8.78 Å². The van der Waals surface area contributed by atoms with Gasteiger partial charge in [-0.3, -0.25) is 0 Å². The van der Waals surface area contributed by atoms with Crippen LogP contribution >= 0.6 is 15.9 Å². The Kier molecular flexibility index (Phi) is 3.38. The van der Waals surface area contributed by atoms with Gasteiger partial charge in [0, 0.05) is 17.3 Å². The van der Waals surface area contributed by atoms with Crippen LogP contribution in [0.25, 0.3) is 17.1 Å².